The highest BCUT2D eigenvalue weighted by Gasteiger charge is 2.39. The molecule has 1 heterocycles. The number of nitrogens with zero attached hydrogens (tertiary/aromatic N) is 1. The van der Waals surface area contributed by atoms with E-state index in [0.29, 0.717) is 32.6 Å². The minimum Gasteiger partial charge on any atom is -0.314 e. The van der Waals surface area contributed by atoms with Gasteiger partial charge in [0.2, 0.25) is 0 Å². The van der Waals surface area contributed by atoms with Crippen LogP contribution in [0.4, 0.5) is 17.6 Å². The topological polar surface area (TPSA) is 15.3 Å². The average Bonchev–Trinajstić information content (AvgIpc) is 2.47. The Morgan fingerprint density at radius 1 is 1.21 bits per heavy atom. The lowest BCUT2D eigenvalue weighted by Crippen LogP contribution is -2.46. The van der Waals surface area contributed by atoms with Crippen molar-refractivity contribution in [1.29, 1.82) is 0 Å². The summed E-state index contributed by atoms with van der Waals surface area (Å²) in [6.45, 7) is 6.37. The maximum atomic E-state index is 14.6. The van der Waals surface area contributed by atoms with Crippen LogP contribution in [0.5, 0.6) is 0 Å². The molecule has 1 aromatic rings. The number of hydrogen-bond acceptors (Lipinski definition) is 2. The Labute approximate surface area is 151 Å². The van der Waals surface area contributed by atoms with E-state index in [1.54, 1.807) is 0 Å². The van der Waals surface area contributed by atoms with E-state index in [-0.39, 0.29) is 28.9 Å². The van der Waals surface area contributed by atoms with Crippen LogP contribution in [0.15, 0.2) is 12.1 Å². The normalized spacial score (nSPS) is 17.7. The first-order chi connectivity index (χ1) is 10.7. The molecule has 0 bridgehead atoms. The number of piperazine rings is 1. The fraction of sp³-hybridized carbons (Fsp3) is 0.625. The molecule has 1 aromatic carbocycles. The second-order valence-electron chi connectivity index (χ2n) is 6.25. The van der Waals surface area contributed by atoms with Gasteiger partial charge in [-0.05, 0) is 24.5 Å². The molecule has 2 nitrogen and oxygen atoms in total. The molecule has 2 rings (SSSR count). The van der Waals surface area contributed by atoms with Crippen LogP contribution in [0.2, 0.25) is 5.02 Å². The van der Waals surface area contributed by atoms with Gasteiger partial charge in [-0.1, -0.05) is 25.4 Å². The number of halogens is 6. The maximum Gasteiger partial charge on any atom is 0.416 e. The second-order valence-corrected chi connectivity index (χ2v) is 6.66. The molecule has 1 atom stereocenters. The van der Waals surface area contributed by atoms with Gasteiger partial charge in [0.1, 0.15) is 5.82 Å². The van der Waals surface area contributed by atoms with Crippen LogP contribution in [0.1, 0.15) is 37.4 Å². The van der Waals surface area contributed by atoms with Gasteiger partial charge in [0, 0.05) is 37.8 Å². The monoisotopic (exact) mass is 388 g/mol. The van der Waals surface area contributed by atoms with Crippen LogP contribution in [0.3, 0.4) is 0 Å². The van der Waals surface area contributed by atoms with Crippen molar-refractivity contribution in [1.82, 2.24) is 10.2 Å². The molecule has 1 aliphatic heterocycles. The zero-order chi connectivity index (χ0) is 17.2. The molecule has 138 valence electrons. The Morgan fingerprint density at radius 3 is 2.29 bits per heavy atom. The lowest BCUT2D eigenvalue weighted by Gasteiger charge is -2.37. The average molecular weight is 389 g/mol. The molecule has 0 aromatic heterocycles. The summed E-state index contributed by atoms with van der Waals surface area (Å²) >= 11 is 5.78. The molecule has 1 N–H and O–H groups in total. The molecule has 0 unspecified atom stereocenters. The van der Waals surface area contributed by atoms with Crippen molar-refractivity contribution >= 4 is 24.0 Å². The second kappa shape index (κ2) is 8.70. The molecule has 0 amide bonds. The fourth-order valence-corrected chi connectivity index (χ4v) is 3.19. The number of nitrogens with one attached hydrogen (secondary N) is 1. The molecular weight excluding hydrogens is 367 g/mol. The van der Waals surface area contributed by atoms with E-state index in [2.05, 4.69) is 5.32 Å². The summed E-state index contributed by atoms with van der Waals surface area (Å²) in [4.78, 5) is 1.92. The van der Waals surface area contributed by atoms with Crippen LogP contribution in [0.25, 0.3) is 0 Å². The molecule has 8 heteroatoms. The SMILES string of the molecule is CC(C)C[C@@H](c1c(C(F)(F)F)ccc(Cl)c1F)N1CCNCC1.Cl. The molecule has 0 saturated carbocycles. The Bertz CT molecular complexity index is 544. The number of hydrogen-bond donors (Lipinski definition) is 1. The van der Waals surface area contributed by atoms with Crippen LogP contribution in [-0.4, -0.2) is 31.1 Å². The van der Waals surface area contributed by atoms with Crippen molar-refractivity contribution in [2.75, 3.05) is 26.2 Å². The summed E-state index contributed by atoms with van der Waals surface area (Å²) in [5.41, 5.74) is -1.25. The van der Waals surface area contributed by atoms with Crippen molar-refractivity contribution in [3.63, 3.8) is 0 Å². The first kappa shape index (κ1) is 21.5. The van der Waals surface area contributed by atoms with Gasteiger partial charge < -0.3 is 5.32 Å². The Kier molecular flexibility index (Phi) is 7.78. The number of rotatable bonds is 4. The van der Waals surface area contributed by atoms with E-state index in [9.17, 15) is 17.6 Å². The predicted octanol–water partition coefficient (Wildman–Crippen LogP) is 4.91. The van der Waals surface area contributed by atoms with Gasteiger partial charge >= 0.3 is 6.18 Å². The van der Waals surface area contributed by atoms with Gasteiger partial charge in [-0.15, -0.1) is 12.4 Å². The predicted molar refractivity (Wildman–Crippen MR) is 90.3 cm³/mol. The van der Waals surface area contributed by atoms with Crippen LogP contribution in [0, 0.1) is 11.7 Å². The molecule has 0 spiro atoms. The third-order valence-electron chi connectivity index (χ3n) is 4.06. The fourth-order valence-electron chi connectivity index (χ4n) is 3.03. The van der Waals surface area contributed by atoms with Gasteiger partial charge in [-0.3, -0.25) is 4.90 Å². The van der Waals surface area contributed by atoms with E-state index in [0.717, 1.165) is 12.1 Å². The molecule has 1 saturated heterocycles. The number of benzene rings is 1. The minimum absolute atomic E-state index is 0. The van der Waals surface area contributed by atoms with E-state index in [1.165, 1.54) is 0 Å². The summed E-state index contributed by atoms with van der Waals surface area (Å²) in [7, 11) is 0. The lowest BCUT2D eigenvalue weighted by molar-refractivity contribution is -0.139. The third kappa shape index (κ3) is 4.97. The summed E-state index contributed by atoms with van der Waals surface area (Å²) in [5.74, 6) is -0.819. The van der Waals surface area contributed by atoms with Crippen molar-refractivity contribution in [2.45, 2.75) is 32.5 Å². The van der Waals surface area contributed by atoms with Crippen molar-refractivity contribution in [3.8, 4) is 0 Å². The van der Waals surface area contributed by atoms with Gasteiger partial charge in [0.25, 0.3) is 0 Å². The Hall–Kier alpha value is -0.560. The Morgan fingerprint density at radius 2 is 1.79 bits per heavy atom. The van der Waals surface area contributed by atoms with Crippen LogP contribution >= 0.6 is 24.0 Å². The van der Waals surface area contributed by atoms with E-state index in [4.69, 9.17) is 11.6 Å². The minimum atomic E-state index is -4.61. The van der Waals surface area contributed by atoms with Gasteiger partial charge in [-0.25, -0.2) is 4.39 Å². The van der Waals surface area contributed by atoms with Gasteiger partial charge in [-0.2, -0.15) is 13.2 Å². The van der Waals surface area contributed by atoms with Crippen LogP contribution in [-0.2, 0) is 6.18 Å². The number of alkyl halides is 3. The zero-order valence-electron chi connectivity index (χ0n) is 13.6. The van der Waals surface area contributed by atoms with Crippen molar-refractivity contribution < 1.29 is 17.6 Å². The summed E-state index contributed by atoms with van der Waals surface area (Å²) in [5, 5.41) is 2.89. The van der Waals surface area contributed by atoms with Crippen LogP contribution < -0.4 is 5.32 Å². The zero-order valence-corrected chi connectivity index (χ0v) is 15.2. The van der Waals surface area contributed by atoms with Gasteiger partial charge in [0.15, 0.2) is 0 Å². The van der Waals surface area contributed by atoms with E-state index in [1.807, 2.05) is 18.7 Å². The van der Waals surface area contributed by atoms with Crippen molar-refractivity contribution in [2.24, 2.45) is 5.92 Å². The summed E-state index contributed by atoms with van der Waals surface area (Å²) < 4.78 is 54.7. The molecular formula is C16H22Cl2F4N2. The molecule has 0 aliphatic carbocycles. The van der Waals surface area contributed by atoms with Gasteiger partial charge in [0.05, 0.1) is 10.6 Å². The van der Waals surface area contributed by atoms with E-state index < -0.39 is 23.6 Å². The third-order valence-corrected chi connectivity index (χ3v) is 4.35. The van der Waals surface area contributed by atoms with E-state index >= 15 is 0 Å². The molecule has 1 fully saturated rings. The largest absolute Gasteiger partial charge is 0.416 e. The summed E-state index contributed by atoms with van der Waals surface area (Å²) in [6, 6.07) is 1.23. The quantitative estimate of drug-likeness (QED) is 0.736. The van der Waals surface area contributed by atoms with Crippen molar-refractivity contribution in [3.05, 3.63) is 34.1 Å². The maximum absolute atomic E-state index is 14.6. The smallest absolute Gasteiger partial charge is 0.314 e. The first-order valence-electron chi connectivity index (χ1n) is 7.71. The molecule has 1 aliphatic rings. The standard InChI is InChI=1S/C16H21ClF4N2.ClH/c1-10(2)9-13(23-7-5-22-6-8-23)14-11(16(19,20)21)3-4-12(17)15(14)18;/h3-4,10,13,22H,5-9H2,1-2H3;1H/t13-;/m0./s1. The highest BCUT2D eigenvalue weighted by molar-refractivity contribution is 6.30. The highest BCUT2D eigenvalue weighted by atomic mass is 35.5. The Balaban J connectivity index is 0.00000288. The molecule has 24 heavy (non-hydrogen) atoms. The molecule has 0 radical (unpaired) electrons. The highest BCUT2D eigenvalue weighted by Crippen LogP contribution is 2.41. The summed E-state index contributed by atoms with van der Waals surface area (Å²) in [6.07, 6.45) is -4.16. The first-order valence-corrected chi connectivity index (χ1v) is 8.09. The lowest BCUT2D eigenvalue weighted by atomic mass is 9.91.